The maximum atomic E-state index is 10.9. The Balaban J connectivity index is 1.85. The van der Waals surface area contributed by atoms with E-state index in [4.69, 9.17) is 9.84 Å². The molecule has 0 radical (unpaired) electrons. The van der Waals surface area contributed by atoms with E-state index in [0.717, 1.165) is 38.2 Å². The fraction of sp³-hybridized carbons (Fsp3) is 0.533. The largest absolute Gasteiger partial charge is 0.478 e. The Bertz CT molecular complexity index is 439. The molecule has 0 unspecified atom stereocenters. The van der Waals surface area contributed by atoms with Gasteiger partial charge in [-0.25, -0.2) is 4.79 Å². The summed E-state index contributed by atoms with van der Waals surface area (Å²) in [4.78, 5) is 10.9. The van der Waals surface area contributed by atoms with Crippen molar-refractivity contribution in [1.82, 2.24) is 5.32 Å². The van der Waals surface area contributed by atoms with Gasteiger partial charge in [-0.2, -0.15) is 0 Å². The summed E-state index contributed by atoms with van der Waals surface area (Å²) in [6, 6.07) is 7.08. The number of nitrogens with one attached hydrogen (secondary N) is 1. The molecule has 2 rings (SSSR count). The van der Waals surface area contributed by atoms with Gasteiger partial charge in [0.25, 0.3) is 0 Å². The lowest BCUT2D eigenvalue weighted by Crippen LogP contribution is -2.36. The second kappa shape index (κ2) is 6.17. The van der Waals surface area contributed by atoms with E-state index in [2.05, 4.69) is 12.2 Å². The van der Waals surface area contributed by atoms with Gasteiger partial charge in [-0.3, -0.25) is 0 Å². The number of carboxylic acids is 1. The topological polar surface area (TPSA) is 58.6 Å². The lowest BCUT2D eigenvalue weighted by Gasteiger charge is -2.33. The molecule has 4 heteroatoms. The molecule has 1 aliphatic rings. The summed E-state index contributed by atoms with van der Waals surface area (Å²) in [7, 11) is 0. The Morgan fingerprint density at radius 1 is 1.42 bits per heavy atom. The summed E-state index contributed by atoms with van der Waals surface area (Å²) < 4.78 is 5.38. The molecule has 0 aliphatic carbocycles. The van der Waals surface area contributed by atoms with Crippen LogP contribution in [-0.2, 0) is 11.3 Å². The van der Waals surface area contributed by atoms with E-state index in [1.54, 1.807) is 18.2 Å². The minimum atomic E-state index is -0.877. The molecule has 104 valence electrons. The van der Waals surface area contributed by atoms with Crippen LogP contribution < -0.4 is 5.32 Å². The van der Waals surface area contributed by atoms with Crippen molar-refractivity contribution in [3.63, 3.8) is 0 Å². The van der Waals surface area contributed by atoms with E-state index in [1.807, 2.05) is 6.07 Å². The third kappa shape index (κ3) is 4.04. The highest BCUT2D eigenvalue weighted by atomic mass is 16.5. The van der Waals surface area contributed by atoms with Crippen LogP contribution in [0, 0.1) is 5.41 Å². The lowest BCUT2D eigenvalue weighted by molar-refractivity contribution is 0.0240. The standard InChI is InChI=1S/C15H21NO3/c1-15(5-7-19-8-6-15)11-16-10-12-3-2-4-13(9-12)14(17)18/h2-4,9,16H,5-8,10-11H2,1H3,(H,17,18). The number of carboxylic acid groups (broad SMARTS) is 1. The predicted octanol–water partition coefficient (Wildman–Crippen LogP) is 2.29. The quantitative estimate of drug-likeness (QED) is 0.855. The maximum Gasteiger partial charge on any atom is 0.335 e. The van der Waals surface area contributed by atoms with Gasteiger partial charge in [0, 0.05) is 26.3 Å². The second-order valence-corrected chi connectivity index (χ2v) is 5.53. The molecule has 0 spiro atoms. The third-order valence-electron chi connectivity index (χ3n) is 3.75. The molecule has 19 heavy (non-hydrogen) atoms. The first-order valence-electron chi connectivity index (χ1n) is 6.70. The van der Waals surface area contributed by atoms with Gasteiger partial charge in [0.2, 0.25) is 0 Å². The van der Waals surface area contributed by atoms with Crippen molar-refractivity contribution in [2.75, 3.05) is 19.8 Å². The number of carbonyl (C=O) groups is 1. The maximum absolute atomic E-state index is 10.9. The first kappa shape index (κ1) is 14.0. The van der Waals surface area contributed by atoms with Crippen LogP contribution in [0.25, 0.3) is 0 Å². The molecule has 2 N–H and O–H groups in total. The predicted molar refractivity (Wildman–Crippen MR) is 73.3 cm³/mol. The van der Waals surface area contributed by atoms with Gasteiger partial charge in [-0.05, 0) is 36.0 Å². The first-order chi connectivity index (χ1) is 9.09. The number of rotatable bonds is 5. The molecule has 0 saturated carbocycles. The molecule has 0 atom stereocenters. The summed E-state index contributed by atoms with van der Waals surface area (Å²) in [6.07, 6.45) is 2.16. The highest BCUT2D eigenvalue weighted by Gasteiger charge is 2.26. The summed E-state index contributed by atoms with van der Waals surface area (Å²) in [6.45, 7) is 5.60. The molecular formula is C15H21NO3. The van der Waals surface area contributed by atoms with Gasteiger partial charge < -0.3 is 15.2 Å². The zero-order valence-electron chi connectivity index (χ0n) is 11.3. The Morgan fingerprint density at radius 2 is 2.16 bits per heavy atom. The fourth-order valence-corrected chi connectivity index (χ4v) is 2.36. The van der Waals surface area contributed by atoms with Crippen LogP contribution in [0.3, 0.4) is 0 Å². The number of ether oxygens (including phenoxy) is 1. The Hall–Kier alpha value is -1.39. The first-order valence-corrected chi connectivity index (χ1v) is 6.70. The van der Waals surface area contributed by atoms with Crippen LogP contribution in [0.2, 0.25) is 0 Å². The minimum Gasteiger partial charge on any atom is -0.478 e. The van der Waals surface area contributed by atoms with E-state index >= 15 is 0 Å². The molecule has 1 heterocycles. The van der Waals surface area contributed by atoms with Gasteiger partial charge in [0.1, 0.15) is 0 Å². The molecule has 1 fully saturated rings. The zero-order valence-corrected chi connectivity index (χ0v) is 11.3. The lowest BCUT2D eigenvalue weighted by atomic mass is 9.82. The Kier molecular flexibility index (Phi) is 4.56. The van der Waals surface area contributed by atoms with Gasteiger partial charge in [-0.15, -0.1) is 0 Å². The molecule has 1 saturated heterocycles. The van der Waals surface area contributed by atoms with Gasteiger partial charge in [0.15, 0.2) is 0 Å². The van der Waals surface area contributed by atoms with Crippen LogP contribution in [0.15, 0.2) is 24.3 Å². The molecule has 0 amide bonds. The number of aromatic carboxylic acids is 1. The molecule has 0 bridgehead atoms. The van der Waals surface area contributed by atoms with Crippen molar-refractivity contribution in [3.05, 3.63) is 35.4 Å². The van der Waals surface area contributed by atoms with Crippen molar-refractivity contribution < 1.29 is 14.6 Å². The van der Waals surface area contributed by atoms with E-state index in [9.17, 15) is 4.79 Å². The van der Waals surface area contributed by atoms with Crippen LogP contribution >= 0.6 is 0 Å². The van der Waals surface area contributed by atoms with E-state index in [0.29, 0.717) is 17.5 Å². The summed E-state index contributed by atoms with van der Waals surface area (Å²) >= 11 is 0. The second-order valence-electron chi connectivity index (χ2n) is 5.53. The van der Waals surface area contributed by atoms with Gasteiger partial charge in [-0.1, -0.05) is 19.1 Å². The van der Waals surface area contributed by atoms with Gasteiger partial charge >= 0.3 is 5.97 Å². The average Bonchev–Trinajstić information content (AvgIpc) is 2.39. The molecule has 1 aliphatic heterocycles. The molecule has 1 aromatic rings. The third-order valence-corrected chi connectivity index (χ3v) is 3.75. The van der Waals surface area contributed by atoms with Gasteiger partial charge in [0.05, 0.1) is 5.56 Å². The molecule has 0 aromatic heterocycles. The van der Waals surface area contributed by atoms with Crippen LogP contribution in [-0.4, -0.2) is 30.8 Å². The summed E-state index contributed by atoms with van der Waals surface area (Å²) in [5, 5.41) is 12.4. The summed E-state index contributed by atoms with van der Waals surface area (Å²) in [5.74, 6) is -0.877. The van der Waals surface area contributed by atoms with E-state index in [-0.39, 0.29) is 0 Å². The highest BCUT2D eigenvalue weighted by molar-refractivity contribution is 5.87. The Labute approximate surface area is 113 Å². The molecule has 4 nitrogen and oxygen atoms in total. The molecular weight excluding hydrogens is 242 g/mol. The number of hydrogen-bond acceptors (Lipinski definition) is 3. The normalized spacial score (nSPS) is 18.2. The van der Waals surface area contributed by atoms with Crippen molar-refractivity contribution >= 4 is 5.97 Å². The van der Waals surface area contributed by atoms with Crippen LogP contribution in [0.4, 0.5) is 0 Å². The smallest absolute Gasteiger partial charge is 0.335 e. The summed E-state index contributed by atoms with van der Waals surface area (Å²) in [5.41, 5.74) is 1.65. The van der Waals surface area contributed by atoms with Crippen molar-refractivity contribution in [2.45, 2.75) is 26.3 Å². The monoisotopic (exact) mass is 263 g/mol. The van der Waals surface area contributed by atoms with E-state index in [1.165, 1.54) is 0 Å². The molecule has 1 aromatic carbocycles. The average molecular weight is 263 g/mol. The van der Waals surface area contributed by atoms with Crippen molar-refractivity contribution in [3.8, 4) is 0 Å². The van der Waals surface area contributed by atoms with Crippen LogP contribution in [0.5, 0.6) is 0 Å². The SMILES string of the molecule is CC1(CNCc2cccc(C(=O)O)c2)CCOCC1. The Morgan fingerprint density at radius 3 is 2.84 bits per heavy atom. The van der Waals surface area contributed by atoms with Crippen LogP contribution in [0.1, 0.15) is 35.7 Å². The minimum absolute atomic E-state index is 0.294. The highest BCUT2D eigenvalue weighted by Crippen LogP contribution is 2.28. The fourth-order valence-electron chi connectivity index (χ4n) is 2.36. The number of hydrogen-bond donors (Lipinski definition) is 2. The van der Waals surface area contributed by atoms with Crippen molar-refractivity contribution in [1.29, 1.82) is 0 Å². The van der Waals surface area contributed by atoms with E-state index < -0.39 is 5.97 Å². The van der Waals surface area contributed by atoms with Crippen molar-refractivity contribution in [2.24, 2.45) is 5.41 Å². The zero-order chi connectivity index (χ0) is 13.7. The number of benzene rings is 1.